The first kappa shape index (κ1) is 25.9. The van der Waals surface area contributed by atoms with Crippen LogP contribution in [-0.2, 0) is 18.7 Å². The monoisotopic (exact) mass is 404 g/mol. The van der Waals surface area contributed by atoms with Crippen molar-refractivity contribution < 1.29 is 23.5 Å². The highest BCUT2D eigenvalue weighted by Crippen LogP contribution is 2.38. The summed E-state index contributed by atoms with van der Waals surface area (Å²) in [7, 11) is -0.410. The molecular weight excluding hydrogens is 364 g/mol. The maximum absolute atomic E-state index is 12.4. The molecule has 0 aromatic rings. The molecule has 0 rings (SSSR count). The Morgan fingerprint density at radius 1 is 1.07 bits per heavy atom. The molecule has 8 heteroatoms. The zero-order valence-corrected chi connectivity index (χ0v) is 19.8. The number of rotatable bonds is 9. The summed E-state index contributed by atoms with van der Waals surface area (Å²) in [6.07, 6.45) is -0.425. The van der Waals surface area contributed by atoms with Crippen molar-refractivity contribution in [2.75, 3.05) is 20.2 Å². The van der Waals surface area contributed by atoms with Gasteiger partial charge in [0.1, 0.15) is 11.6 Å². The summed E-state index contributed by atoms with van der Waals surface area (Å²) in [5.74, 6) is -0.346. The molecule has 0 bridgehead atoms. The van der Waals surface area contributed by atoms with E-state index in [-0.39, 0.29) is 11.0 Å². The highest BCUT2D eigenvalue weighted by atomic mass is 28.4. The summed E-state index contributed by atoms with van der Waals surface area (Å²) >= 11 is 0. The molecule has 0 radical (unpaired) electrons. The van der Waals surface area contributed by atoms with E-state index in [1.807, 2.05) is 20.8 Å². The second kappa shape index (κ2) is 10.4. The third-order valence-electron chi connectivity index (χ3n) is 4.57. The summed E-state index contributed by atoms with van der Waals surface area (Å²) in [5.41, 5.74) is -0.556. The topological polar surface area (TPSA) is 85.9 Å². The second-order valence-electron chi connectivity index (χ2n) is 9.15. The van der Waals surface area contributed by atoms with Crippen molar-refractivity contribution in [1.29, 1.82) is 0 Å². The SMILES string of the molecule is CCOC(=O)[C@@H](NC)[C@H](CCNC(=O)OC(C)(C)C)O[Si](C)(C)C(C)(C)C. The van der Waals surface area contributed by atoms with Crippen molar-refractivity contribution in [3.63, 3.8) is 0 Å². The van der Waals surface area contributed by atoms with E-state index >= 15 is 0 Å². The quantitative estimate of drug-likeness (QED) is 0.452. The van der Waals surface area contributed by atoms with Gasteiger partial charge in [-0.1, -0.05) is 20.8 Å². The third kappa shape index (κ3) is 9.57. The first-order valence-corrected chi connectivity index (χ1v) is 12.5. The van der Waals surface area contributed by atoms with E-state index in [0.717, 1.165) is 0 Å². The van der Waals surface area contributed by atoms with Gasteiger partial charge in [-0.25, -0.2) is 4.79 Å². The van der Waals surface area contributed by atoms with Crippen molar-refractivity contribution in [2.24, 2.45) is 0 Å². The van der Waals surface area contributed by atoms with Crippen LogP contribution in [0.3, 0.4) is 0 Å². The Morgan fingerprint density at radius 2 is 1.63 bits per heavy atom. The maximum Gasteiger partial charge on any atom is 0.407 e. The molecule has 0 aliphatic heterocycles. The van der Waals surface area contributed by atoms with Crippen LogP contribution in [0.25, 0.3) is 0 Å². The van der Waals surface area contributed by atoms with E-state index in [9.17, 15) is 9.59 Å². The highest BCUT2D eigenvalue weighted by molar-refractivity contribution is 6.74. The summed E-state index contributed by atoms with van der Waals surface area (Å²) in [6.45, 7) is 18.6. The number of carbonyl (C=O) groups is 2. The molecule has 2 atom stereocenters. The van der Waals surface area contributed by atoms with Gasteiger partial charge in [0.05, 0.1) is 12.7 Å². The average Bonchev–Trinajstić information content (AvgIpc) is 2.44. The summed E-state index contributed by atoms with van der Waals surface area (Å²) in [6, 6.07) is -0.598. The van der Waals surface area contributed by atoms with E-state index in [1.165, 1.54) is 0 Å². The van der Waals surface area contributed by atoms with Crippen LogP contribution in [0, 0.1) is 0 Å². The fraction of sp³-hybridized carbons (Fsp3) is 0.895. The zero-order chi connectivity index (χ0) is 21.5. The van der Waals surface area contributed by atoms with Gasteiger partial charge in [-0.15, -0.1) is 0 Å². The molecule has 7 nitrogen and oxygen atoms in total. The minimum atomic E-state index is -2.12. The van der Waals surface area contributed by atoms with E-state index in [1.54, 1.807) is 14.0 Å². The van der Waals surface area contributed by atoms with Gasteiger partial charge in [0.15, 0.2) is 8.32 Å². The van der Waals surface area contributed by atoms with Crippen molar-refractivity contribution in [2.45, 2.75) is 90.8 Å². The molecule has 27 heavy (non-hydrogen) atoms. The van der Waals surface area contributed by atoms with Crippen LogP contribution in [0.2, 0.25) is 18.1 Å². The van der Waals surface area contributed by atoms with Gasteiger partial charge in [0.2, 0.25) is 0 Å². The van der Waals surface area contributed by atoms with Gasteiger partial charge in [0.25, 0.3) is 0 Å². The molecule has 0 aromatic heterocycles. The lowest BCUT2D eigenvalue weighted by atomic mass is 10.1. The Balaban J connectivity index is 5.18. The Hall–Kier alpha value is -1.12. The van der Waals surface area contributed by atoms with E-state index in [2.05, 4.69) is 44.5 Å². The van der Waals surface area contributed by atoms with Crippen LogP contribution < -0.4 is 10.6 Å². The normalized spacial score (nSPS) is 15.0. The number of amides is 1. The third-order valence-corrected chi connectivity index (χ3v) is 9.08. The van der Waals surface area contributed by atoms with Crippen molar-refractivity contribution in [3.05, 3.63) is 0 Å². The molecule has 0 unspecified atom stereocenters. The molecule has 0 heterocycles. The summed E-state index contributed by atoms with van der Waals surface area (Å²) < 4.78 is 16.9. The molecule has 1 amide bonds. The van der Waals surface area contributed by atoms with Crippen LogP contribution in [0.4, 0.5) is 4.79 Å². The van der Waals surface area contributed by atoms with E-state index in [4.69, 9.17) is 13.9 Å². The number of alkyl carbamates (subject to hydrolysis) is 1. The lowest BCUT2D eigenvalue weighted by Gasteiger charge is -2.41. The van der Waals surface area contributed by atoms with Gasteiger partial charge < -0.3 is 24.5 Å². The van der Waals surface area contributed by atoms with Crippen molar-refractivity contribution in [1.82, 2.24) is 10.6 Å². The van der Waals surface area contributed by atoms with E-state index < -0.39 is 32.2 Å². The number of nitrogens with one attached hydrogen (secondary N) is 2. The second-order valence-corrected chi connectivity index (χ2v) is 13.9. The highest BCUT2D eigenvalue weighted by Gasteiger charge is 2.42. The van der Waals surface area contributed by atoms with E-state index in [0.29, 0.717) is 19.6 Å². The van der Waals surface area contributed by atoms with Gasteiger partial charge in [-0.05, 0) is 59.3 Å². The minimum Gasteiger partial charge on any atom is -0.465 e. The summed E-state index contributed by atoms with van der Waals surface area (Å²) in [4.78, 5) is 24.3. The Morgan fingerprint density at radius 3 is 2.04 bits per heavy atom. The van der Waals surface area contributed by atoms with Crippen LogP contribution >= 0.6 is 0 Å². The molecule has 0 aliphatic rings. The van der Waals surface area contributed by atoms with Gasteiger partial charge in [0, 0.05) is 6.54 Å². The number of hydrogen-bond acceptors (Lipinski definition) is 6. The first-order chi connectivity index (χ1) is 12.1. The molecular formula is C19H40N2O5Si. The maximum atomic E-state index is 12.4. The largest absolute Gasteiger partial charge is 0.465 e. The lowest BCUT2D eigenvalue weighted by molar-refractivity contribution is -0.148. The standard InChI is InChI=1S/C19H40N2O5Si/c1-11-24-16(22)15(20-8)14(26-27(9,10)19(5,6)7)12-13-21-17(23)25-18(2,3)4/h14-15,20H,11-13H2,1-10H3,(H,21,23)/t14-,15-/m0/s1. The number of carbonyl (C=O) groups excluding carboxylic acids is 2. The number of ether oxygens (including phenoxy) is 2. The molecule has 0 saturated carbocycles. The smallest absolute Gasteiger partial charge is 0.407 e. The van der Waals surface area contributed by atoms with Crippen LogP contribution in [0.15, 0.2) is 0 Å². The van der Waals surface area contributed by atoms with Gasteiger partial charge in [-0.3, -0.25) is 4.79 Å². The fourth-order valence-electron chi connectivity index (χ4n) is 2.17. The molecule has 0 saturated heterocycles. The number of likely N-dealkylation sites (N-methyl/N-ethyl adjacent to an activating group) is 1. The fourth-order valence-corrected chi connectivity index (χ4v) is 3.53. The lowest BCUT2D eigenvalue weighted by Crippen LogP contribution is -2.54. The van der Waals surface area contributed by atoms with Gasteiger partial charge in [-0.2, -0.15) is 0 Å². The predicted molar refractivity (Wildman–Crippen MR) is 110 cm³/mol. The van der Waals surface area contributed by atoms with Crippen LogP contribution in [-0.4, -0.2) is 58.3 Å². The average molecular weight is 405 g/mol. The summed E-state index contributed by atoms with van der Waals surface area (Å²) in [5, 5.41) is 5.75. The van der Waals surface area contributed by atoms with Crippen molar-refractivity contribution in [3.8, 4) is 0 Å². The molecule has 2 N–H and O–H groups in total. The Kier molecular flexibility index (Phi) is 10.00. The Bertz CT molecular complexity index is 483. The molecule has 0 fully saturated rings. The zero-order valence-electron chi connectivity index (χ0n) is 18.8. The molecule has 0 spiro atoms. The van der Waals surface area contributed by atoms with Crippen molar-refractivity contribution >= 4 is 20.4 Å². The van der Waals surface area contributed by atoms with Gasteiger partial charge >= 0.3 is 12.1 Å². The predicted octanol–water partition coefficient (Wildman–Crippen LogP) is 3.44. The molecule has 0 aromatic carbocycles. The number of hydrogen-bond donors (Lipinski definition) is 2. The Labute approximate surface area is 166 Å². The first-order valence-electron chi connectivity index (χ1n) is 9.63. The molecule has 0 aliphatic carbocycles. The number of esters is 1. The minimum absolute atomic E-state index is 0.00318. The molecule has 160 valence electrons. The van der Waals surface area contributed by atoms with Crippen LogP contribution in [0.5, 0.6) is 0 Å². The van der Waals surface area contributed by atoms with Crippen LogP contribution in [0.1, 0.15) is 54.9 Å².